The van der Waals surface area contributed by atoms with Crippen molar-refractivity contribution in [3.63, 3.8) is 0 Å². The molecule has 3 rings (SSSR count). The lowest BCUT2D eigenvalue weighted by atomic mass is 10.2. The lowest BCUT2D eigenvalue weighted by Gasteiger charge is -2.08. The standard InChI is InChI=1S/C16H16N6/c17-16(18)20-19-12-15-4-3-11-22(15)14-7-5-13(6-8-14)21-9-1-2-10-21/h1-12H,(H4,17,18,20)/b19-12+. The van der Waals surface area contributed by atoms with Crippen molar-refractivity contribution in [3.8, 4) is 11.4 Å². The van der Waals surface area contributed by atoms with Gasteiger partial charge >= 0.3 is 0 Å². The predicted octanol–water partition coefficient (Wildman–Crippen LogP) is 1.88. The zero-order valence-electron chi connectivity index (χ0n) is 11.9. The van der Waals surface area contributed by atoms with Gasteiger partial charge in [-0.1, -0.05) is 0 Å². The molecule has 1 aromatic carbocycles. The molecule has 0 saturated heterocycles. The Hall–Kier alpha value is -3.28. The average molecular weight is 292 g/mol. The molecule has 0 aliphatic heterocycles. The van der Waals surface area contributed by atoms with Gasteiger partial charge in [0.25, 0.3) is 0 Å². The number of hydrogen-bond acceptors (Lipinski definition) is 2. The average Bonchev–Trinajstić information content (AvgIpc) is 3.19. The largest absolute Gasteiger partial charge is 0.369 e. The van der Waals surface area contributed by atoms with Crippen molar-refractivity contribution < 1.29 is 0 Å². The topological polar surface area (TPSA) is 86.6 Å². The Bertz CT molecular complexity index is 790. The maximum atomic E-state index is 5.25. The molecular formula is C16H16N6. The minimum Gasteiger partial charge on any atom is -0.369 e. The molecule has 3 aromatic rings. The van der Waals surface area contributed by atoms with Crippen LogP contribution in [0.15, 0.2) is 77.3 Å². The van der Waals surface area contributed by atoms with E-state index in [-0.39, 0.29) is 5.96 Å². The molecule has 0 atom stereocenters. The van der Waals surface area contributed by atoms with Crippen LogP contribution in [-0.4, -0.2) is 21.3 Å². The molecule has 2 aromatic heterocycles. The fourth-order valence-corrected chi connectivity index (χ4v) is 2.18. The third-order valence-electron chi connectivity index (χ3n) is 3.17. The fourth-order valence-electron chi connectivity index (χ4n) is 2.18. The van der Waals surface area contributed by atoms with Crippen LogP contribution >= 0.6 is 0 Å². The number of hydrogen-bond donors (Lipinski definition) is 2. The minimum absolute atomic E-state index is 0.0644. The quantitative estimate of drug-likeness (QED) is 0.437. The molecule has 0 spiro atoms. The second kappa shape index (κ2) is 6.01. The summed E-state index contributed by atoms with van der Waals surface area (Å²) in [5.74, 6) is -0.0644. The number of nitrogens with two attached hydrogens (primary N) is 2. The third-order valence-corrected chi connectivity index (χ3v) is 3.17. The fraction of sp³-hybridized carbons (Fsp3) is 0. The zero-order valence-corrected chi connectivity index (χ0v) is 11.9. The molecular weight excluding hydrogens is 276 g/mol. The summed E-state index contributed by atoms with van der Waals surface area (Å²) in [6.45, 7) is 0. The third kappa shape index (κ3) is 2.90. The van der Waals surface area contributed by atoms with Crippen molar-refractivity contribution >= 4 is 12.2 Å². The summed E-state index contributed by atoms with van der Waals surface area (Å²) in [4.78, 5) is 0. The van der Waals surface area contributed by atoms with E-state index in [4.69, 9.17) is 11.5 Å². The van der Waals surface area contributed by atoms with Gasteiger partial charge in [-0.2, -0.15) is 5.10 Å². The van der Waals surface area contributed by atoms with Gasteiger partial charge < -0.3 is 20.6 Å². The van der Waals surface area contributed by atoms with Crippen LogP contribution in [0.4, 0.5) is 0 Å². The molecule has 0 saturated carbocycles. The van der Waals surface area contributed by atoms with Gasteiger partial charge in [0, 0.05) is 30.0 Å². The Morgan fingerprint density at radius 2 is 1.55 bits per heavy atom. The lowest BCUT2D eigenvalue weighted by molar-refractivity contribution is 1.04. The molecule has 0 unspecified atom stereocenters. The highest BCUT2D eigenvalue weighted by Gasteiger charge is 2.02. The summed E-state index contributed by atoms with van der Waals surface area (Å²) in [6.07, 6.45) is 7.59. The van der Waals surface area contributed by atoms with E-state index in [9.17, 15) is 0 Å². The second-order valence-corrected chi connectivity index (χ2v) is 4.68. The zero-order chi connectivity index (χ0) is 15.4. The molecule has 22 heavy (non-hydrogen) atoms. The van der Waals surface area contributed by atoms with E-state index in [1.165, 1.54) is 0 Å². The van der Waals surface area contributed by atoms with Crippen molar-refractivity contribution in [3.05, 3.63) is 72.8 Å². The highest BCUT2D eigenvalue weighted by molar-refractivity contribution is 5.81. The first kappa shape index (κ1) is 13.7. The number of benzene rings is 1. The smallest absolute Gasteiger partial charge is 0.211 e. The first-order valence-corrected chi connectivity index (χ1v) is 6.77. The molecule has 110 valence electrons. The predicted molar refractivity (Wildman–Crippen MR) is 88.5 cm³/mol. The van der Waals surface area contributed by atoms with E-state index in [2.05, 4.69) is 26.9 Å². The van der Waals surface area contributed by atoms with Gasteiger partial charge in [0.1, 0.15) is 0 Å². The van der Waals surface area contributed by atoms with Crippen LogP contribution < -0.4 is 11.5 Å². The van der Waals surface area contributed by atoms with Gasteiger partial charge in [-0.3, -0.25) is 0 Å². The van der Waals surface area contributed by atoms with Crippen molar-refractivity contribution in [2.24, 2.45) is 21.7 Å². The van der Waals surface area contributed by atoms with Gasteiger partial charge in [0.2, 0.25) is 5.96 Å². The summed E-state index contributed by atoms with van der Waals surface area (Å²) < 4.78 is 4.06. The summed E-state index contributed by atoms with van der Waals surface area (Å²) >= 11 is 0. The molecule has 0 radical (unpaired) electrons. The van der Waals surface area contributed by atoms with Crippen LogP contribution in [-0.2, 0) is 0 Å². The second-order valence-electron chi connectivity index (χ2n) is 4.68. The number of guanidine groups is 1. The maximum Gasteiger partial charge on any atom is 0.211 e. The van der Waals surface area contributed by atoms with Crippen LogP contribution in [0.1, 0.15) is 5.69 Å². The summed E-state index contributed by atoms with van der Waals surface area (Å²) in [5.41, 5.74) is 13.5. The van der Waals surface area contributed by atoms with Crippen molar-refractivity contribution in [1.29, 1.82) is 0 Å². The minimum atomic E-state index is -0.0644. The molecule has 0 fully saturated rings. The molecule has 0 amide bonds. The first-order chi connectivity index (χ1) is 10.7. The van der Waals surface area contributed by atoms with Gasteiger partial charge in [0.05, 0.1) is 11.9 Å². The van der Waals surface area contributed by atoms with Crippen LogP contribution in [0, 0.1) is 0 Å². The van der Waals surface area contributed by atoms with E-state index in [1.807, 2.05) is 59.6 Å². The normalized spacial score (nSPS) is 10.9. The Morgan fingerprint density at radius 1 is 0.864 bits per heavy atom. The molecule has 4 N–H and O–H groups in total. The summed E-state index contributed by atoms with van der Waals surface area (Å²) in [6, 6.07) is 16.1. The monoisotopic (exact) mass is 292 g/mol. The van der Waals surface area contributed by atoms with Crippen molar-refractivity contribution in [2.75, 3.05) is 0 Å². The van der Waals surface area contributed by atoms with Gasteiger partial charge in [-0.05, 0) is 48.5 Å². The van der Waals surface area contributed by atoms with Gasteiger partial charge in [-0.25, -0.2) is 0 Å². The van der Waals surface area contributed by atoms with Gasteiger partial charge in [0.15, 0.2) is 0 Å². The van der Waals surface area contributed by atoms with E-state index in [0.29, 0.717) is 0 Å². The van der Waals surface area contributed by atoms with Crippen LogP contribution in [0.5, 0.6) is 0 Å². The summed E-state index contributed by atoms with van der Waals surface area (Å²) in [5, 5.41) is 7.45. The van der Waals surface area contributed by atoms with Crippen LogP contribution in [0.2, 0.25) is 0 Å². The van der Waals surface area contributed by atoms with Gasteiger partial charge in [-0.15, -0.1) is 5.10 Å². The van der Waals surface area contributed by atoms with Crippen molar-refractivity contribution in [1.82, 2.24) is 9.13 Å². The Kier molecular flexibility index (Phi) is 3.74. The molecule has 0 aliphatic rings. The van der Waals surface area contributed by atoms with Crippen molar-refractivity contribution in [2.45, 2.75) is 0 Å². The lowest BCUT2D eigenvalue weighted by Crippen LogP contribution is -2.21. The summed E-state index contributed by atoms with van der Waals surface area (Å²) in [7, 11) is 0. The number of aromatic nitrogens is 2. The first-order valence-electron chi connectivity index (χ1n) is 6.77. The van der Waals surface area contributed by atoms with Crippen LogP contribution in [0.3, 0.4) is 0 Å². The molecule has 0 aliphatic carbocycles. The Morgan fingerprint density at radius 3 is 2.23 bits per heavy atom. The molecule has 6 nitrogen and oxygen atoms in total. The number of rotatable bonds is 4. The maximum absolute atomic E-state index is 5.25. The molecule has 0 bridgehead atoms. The Labute approximate surface area is 128 Å². The SMILES string of the molecule is NC(N)=N/N=C/c1cccn1-c1ccc(-n2cccc2)cc1. The van der Waals surface area contributed by atoms with E-state index < -0.39 is 0 Å². The van der Waals surface area contributed by atoms with E-state index in [0.717, 1.165) is 17.1 Å². The number of nitrogens with zero attached hydrogens (tertiary/aromatic N) is 4. The molecule has 2 heterocycles. The van der Waals surface area contributed by atoms with E-state index in [1.54, 1.807) is 6.21 Å². The van der Waals surface area contributed by atoms with Crippen LogP contribution in [0.25, 0.3) is 11.4 Å². The van der Waals surface area contributed by atoms with E-state index >= 15 is 0 Å². The highest BCUT2D eigenvalue weighted by atomic mass is 15.3. The molecule has 6 heteroatoms. The highest BCUT2D eigenvalue weighted by Crippen LogP contribution is 2.15. The Balaban J connectivity index is 1.87.